The van der Waals surface area contributed by atoms with E-state index in [2.05, 4.69) is 85.3 Å². The minimum atomic E-state index is 0. The topological polar surface area (TPSA) is 43.2 Å². The predicted molar refractivity (Wildman–Crippen MR) is 167 cm³/mol. The molecule has 43 heavy (non-hydrogen) atoms. The summed E-state index contributed by atoms with van der Waals surface area (Å²) in [6, 6.07) is 39.8. The summed E-state index contributed by atoms with van der Waals surface area (Å²) in [7, 11) is 0. The number of imidazole rings is 1. The average Bonchev–Trinajstić information content (AvgIpc) is 3.50. The van der Waals surface area contributed by atoms with E-state index >= 15 is 0 Å². The number of aromatic nitrogens is 3. The van der Waals surface area contributed by atoms with E-state index in [1.165, 1.54) is 5.56 Å². The summed E-state index contributed by atoms with van der Waals surface area (Å²) in [5, 5.41) is 0. The van der Waals surface area contributed by atoms with Gasteiger partial charge in [-0.05, 0) is 52.8 Å². The number of nitrogens with zero attached hydrogens (tertiary/aromatic N) is 4. The van der Waals surface area contributed by atoms with Crippen LogP contribution in [0.5, 0.6) is 11.5 Å². The Bertz CT molecular complexity index is 1890. The molecule has 0 amide bonds. The van der Waals surface area contributed by atoms with Crippen LogP contribution in [0.1, 0.15) is 26.3 Å². The molecule has 4 aromatic carbocycles. The van der Waals surface area contributed by atoms with Gasteiger partial charge >= 0.3 is 0 Å². The number of anilines is 2. The fourth-order valence-corrected chi connectivity index (χ4v) is 5.20. The van der Waals surface area contributed by atoms with Gasteiger partial charge in [0.25, 0.3) is 0 Å². The third-order valence-electron chi connectivity index (χ3n) is 7.40. The van der Waals surface area contributed by atoms with Crippen molar-refractivity contribution in [2.45, 2.75) is 26.2 Å². The average molecular weight is 741 g/mol. The van der Waals surface area contributed by atoms with Crippen molar-refractivity contribution in [3.63, 3.8) is 0 Å². The second kappa shape index (κ2) is 11.6. The maximum absolute atomic E-state index is 6.48. The van der Waals surface area contributed by atoms with Gasteiger partial charge in [0.15, 0.2) is 0 Å². The van der Waals surface area contributed by atoms with Crippen LogP contribution in [0.25, 0.3) is 33.8 Å². The van der Waals surface area contributed by atoms with Crippen molar-refractivity contribution in [1.82, 2.24) is 14.5 Å². The molecular weight excluding hydrogens is 712 g/mol. The van der Waals surface area contributed by atoms with Gasteiger partial charge in [0.05, 0.1) is 0 Å². The molecule has 5 nitrogen and oxygen atoms in total. The molecule has 3 heterocycles. The second-order valence-electron chi connectivity index (χ2n) is 11.4. The van der Waals surface area contributed by atoms with Crippen LogP contribution in [0.3, 0.4) is 0 Å². The Labute approximate surface area is 267 Å². The number of hydrogen-bond donors (Lipinski definition) is 0. The molecule has 6 heteroatoms. The Hall–Kier alpha value is -4.60. The Kier molecular flexibility index (Phi) is 7.68. The first-order chi connectivity index (χ1) is 20.4. The number of hydrogen-bond acceptors (Lipinski definition) is 4. The van der Waals surface area contributed by atoms with Crippen LogP contribution in [0.2, 0.25) is 0 Å². The molecule has 7 rings (SSSR count). The van der Waals surface area contributed by atoms with Crippen molar-refractivity contribution in [2.24, 2.45) is 0 Å². The van der Waals surface area contributed by atoms with Crippen molar-refractivity contribution in [1.29, 1.82) is 0 Å². The minimum Gasteiger partial charge on any atom is -0.503 e. The van der Waals surface area contributed by atoms with Crippen LogP contribution in [0.15, 0.2) is 116 Å². The van der Waals surface area contributed by atoms with Crippen molar-refractivity contribution < 1.29 is 25.8 Å². The minimum absolute atomic E-state index is 0. The number of ether oxygens (including phenoxy) is 1. The third kappa shape index (κ3) is 5.73. The van der Waals surface area contributed by atoms with Crippen molar-refractivity contribution in [2.75, 3.05) is 4.90 Å². The molecule has 0 bridgehead atoms. The van der Waals surface area contributed by atoms with Gasteiger partial charge < -0.3 is 24.2 Å². The normalized spacial score (nSPS) is 12.0. The van der Waals surface area contributed by atoms with E-state index in [1.807, 2.05) is 84.4 Å². The molecule has 0 saturated carbocycles. The van der Waals surface area contributed by atoms with Crippen LogP contribution >= 0.6 is 0 Å². The first-order valence-corrected chi connectivity index (χ1v) is 14.0. The van der Waals surface area contributed by atoms with E-state index in [0.29, 0.717) is 11.5 Å². The van der Waals surface area contributed by atoms with Gasteiger partial charge in [-0.25, -0.2) is 0 Å². The van der Waals surface area contributed by atoms with E-state index < -0.39 is 0 Å². The van der Waals surface area contributed by atoms with E-state index in [0.717, 1.165) is 45.1 Å². The molecule has 0 N–H and O–H groups in total. The van der Waals surface area contributed by atoms with Crippen LogP contribution in [-0.2, 0) is 26.5 Å². The summed E-state index contributed by atoms with van der Waals surface area (Å²) < 4.78 is 8.50. The quantitative estimate of drug-likeness (QED) is 0.166. The molecule has 0 unspecified atom stereocenters. The van der Waals surface area contributed by atoms with Gasteiger partial charge in [0, 0.05) is 50.3 Å². The zero-order valence-electron chi connectivity index (χ0n) is 24.1. The molecule has 0 spiro atoms. The molecule has 0 atom stereocenters. The fraction of sp³-hybridized carbons (Fsp3) is 0.108. The van der Waals surface area contributed by atoms with E-state index in [-0.39, 0.29) is 26.5 Å². The van der Waals surface area contributed by atoms with Gasteiger partial charge in [0.1, 0.15) is 0 Å². The Morgan fingerprint density at radius 3 is 2.40 bits per heavy atom. The molecule has 2 aromatic heterocycles. The van der Waals surface area contributed by atoms with Crippen molar-refractivity contribution in [3.05, 3.63) is 140 Å². The summed E-state index contributed by atoms with van der Waals surface area (Å²) in [4.78, 5) is 11.4. The number of fused-ring (bicyclic) bond motifs is 3. The van der Waals surface area contributed by atoms with Gasteiger partial charge in [-0.2, -0.15) is 6.07 Å². The Morgan fingerprint density at radius 2 is 1.56 bits per heavy atom. The molecule has 0 aliphatic carbocycles. The maximum atomic E-state index is 6.48. The standard InChI is InChI=1S/C37H29N4O.Pt/c1-37(2,3)29-16-17-38-34(23-29)28-20-27(26-10-5-4-6-11-26)21-32(22-28)42-31-13-9-12-30(24-31)41-25-40-19-18-39-36(40)33-14-7-8-15-35(33)41;/h4-21,23,25H,1-3H3;/q-3;. The van der Waals surface area contributed by atoms with E-state index in [9.17, 15) is 0 Å². The second-order valence-corrected chi connectivity index (χ2v) is 11.4. The number of pyridine rings is 1. The van der Waals surface area contributed by atoms with E-state index in [1.54, 1.807) is 0 Å². The van der Waals surface area contributed by atoms with Gasteiger partial charge in [0.2, 0.25) is 0 Å². The van der Waals surface area contributed by atoms with Crippen molar-refractivity contribution in [3.8, 4) is 45.3 Å². The van der Waals surface area contributed by atoms with E-state index in [4.69, 9.17) is 9.72 Å². The Balaban J connectivity index is 0.00000329. The first kappa shape index (κ1) is 28.5. The maximum Gasteiger partial charge on any atom is 0.0427 e. The van der Waals surface area contributed by atoms with Gasteiger partial charge in [-0.1, -0.05) is 105 Å². The van der Waals surface area contributed by atoms with Crippen LogP contribution < -0.4 is 9.64 Å². The summed E-state index contributed by atoms with van der Waals surface area (Å²) >= 11 is 0. The molecular formula is C37H29N4OPt-3. The predicted octanol–water partition coefficient (Wildman–Crippen LogP) is 9.09. The zero-order valence-corrected chi connectivity index (χ0v) is 26.3. The van der Waals surface area contributed by atoms with Crippen LogP contribution in [0.4, 0.5) is 11.4 Å². The molecule has 6 aromatic rings. The van der Waals surface area contributed by atoms with Gasteiger partial charge in [-0.15, -0.1) is 29.8 Å². The largest absolute Gasteiger partial charge is 0.503 e. The summed E-state index contributed by atoms with van der Waals surface area (Å²) in [6.45, 7) is 8.65. The monoisotopic (exact) mass is 740 g/mol. The zero-order chi connectivity index (χ0) is 28.7. The smallest absolute Gasteiger partial charge is 0.0427 e. The number of benzene rings is 4. The summed E-state index contributed by atoms with van der Waals surface area (Å²) in [5.41, 5.74) is 8.04. The number of rotatable bonds is 5. The van der Waals surface area contributed by atoms with Crippen molar-refractivity contribution >= 4 is 11.4 Å². The first-order valence-electron chi connectivity index (χ1n) is 14.0. The SMILES string of the molecule is CC(C)(C)c1ccnc(-c2[c-]c(Oc3[c-]c(N4[CH-]n5ccnc5-c5ccccc54)ccc3)cc(-c3ccccc3)c2)c1.[Pt]. The molecule has 1 aliphatic heterocycles. The molecule has 0 radical (unpaired) electrons. The number of para-hydroxylation sites is 1. The van der Waals surface area contributed by atoms with Crippen LogP contribution in [-0.4, -0.2) is 14.5 Å². The van der Waals surface area contributed by atoms with Crippen LogP contribution in [0, 0.1) is 18.8 Å². The van der Waals surface area contributed by atoms with Gasteiger partial charge in [-0.3, -0.25) is 0 Å². The fourth-order valence-electron chi connectivity index (χ4n) is 5.20. The molecule has 1 aliphatic rings. The molecule has 0 fully saturated rings. The molecule has 0 saturated heterocycles. The summed E-state index contributed by atoms with van der Waals surface area (Å²) in [6.07, 6.45) is 5.64. The molecule has 216 valence electrons. The summed E-state index contributed by atoms with van der Waals surface area (Å²) in [5.74, 6) is 2.11. The third-order valence-corrected chi connectivity index (χ3v) is 7.40. The Morgan fingerprint density at radius 1 is 0.744 bits per heavy atom.